The standard InChI is InChI=1S/C11H14F2O2/c1-15-6-2-3-11(14)8-4-5-9(12)10(13)7-8/h4-5,7,11,14H,2-3,6H2,1H3. The summed E-state index contributed by atoms with van der Waals surface area (Å²) in [6.07, 6.45) is 0.380. The third-order valence-electron chi connectivity index (χ3n) is 2.15. The number of rotatable bonds is 5. The lowest BCUT2D eigenvalue weighted by atomic mass is 10.1. The van der Waals surface area contributed by atoms with E-state index in [1.54, 1.807) is 7.11 Å². The normalized spacial score (nSPS) is 12.8. The number of methoxy groups -OCH3 is 1. The fourth-order valence-corrected chi connectivity index (χ4v) is 1.31. The van der Waals surface area contributed by atoms with Crippen molar-refractivity contribution in [3.05, 3.63) is 35.4 Å². The fraction of sp³-hybridized carbons (Fsp3) is 0.455. The van der Waals surface area contributed by atoms with Crippen LogP contribution < -0.4 is 0 Å². The quantitative estimate of drug-likeness (QED) is 0.766. The van der Waals surface area contributed by atoms with E-state index >= 15 is 0 Å². The van der Waals surface area contributed by atoms with Gasteiger partial charge in [0.25, 0.3) is 0 Å². The number of ether oxygens (including phenoxy) is 1. The number of halogens is 2. The van der Waals surface area contributed by atoms with Crippen LogP contribution >= 0.6 is 0 Å². The van der Waals surface area contributed by atoms with Crippen molar-refractivity contribution in [2.24, 2.45) is 0 Å². The van der Waals surface area contributed by atoms with E-state index in [0.29, 0.717) is 25.0 Å². The van der Waals surface area contributed by atoms with Gasteiger partial charge in [0.05, 0.1) is 6.10 Å². The largest absolute Gasteiger partial charge is 0.388 e. The molecule has 1 N–H and O–H groups in total. The summed E-state index contributed by atoms with van der Waals surface area (Å²) in [5.74, 6) is -1.83. The molecule has 2 nitrogen and oxygen atoms in total. The molecule has 0 bridgehead atoms. The van der Waals surface area contributed by atoms with E-state index in [4.69, 9.17) is 4.74 Å². The second-order valence-electron chi connectivity index (χ2n) is 3.32. The van der Waals surface area contributed by atoms with Gasteiger partial charge in [-0.3, -0.25) is 0 Å². The van der Waals surface area contributed by atoms with Crippen LogP contribution in [0.25, 0.3) is 0 Å². The molecule has 1 aromatic carbocycles. The zero-order valence-corrected chi connectivity index (χ0v) is 8.54. The van der Waals surface area contributed by atoms with E-state index in [1.165, 1.54) is 6.07 Å². The van der Waals surface area contributed by atoms with Gasteiger partial charge in [-0.15, -0.1) is 0 Å². The molecule has 1 rings (SSSR count). The summed E-state index contributed by atoms with van der Waals surface area (Å²) in [4.78, 5) is 0. The van der Waals surface area contributed by atoms with Crippen LogP contribution in [0.5, 0.6) is 0 Å². The van der Waals surface area contributed by atoms with E-state index in [-0.39, 0.29) is 0 Å². The summed E-state index contributed by atoms with van der Waals surface area (Å²) in [7, 11) is 1.57. The van der Waals surface area contributed by atoms with Gasteiger partial charge in [-0.1, -0.05) is 6.07 Å². The van der Waals surface area contributed by atoms with E-state index in [9.17, 15) is 13.9 Å². The second-order valence-corrected chi connectivity index (χ2v) is 3.32. The van der Waals surface area contributed by atoms with Gasteiger partial charge in [-0.25, -0.2) is 8.78 Å². The molecule has 4 heteroatoms. The van der Waals surface area contributed by atoms with E-state index < -0.39 is 17.7 Å². The zero-order valence-electron chi connectivity index (χ0n) is 8.54. The fourth-order valence-electron chi connectivity index (χ4n) is 1.31. The highest BCUT2D eigenvalue weighted by atomic mass is 19.2. The first-order chi connectivity index (χ1) is 7.15. The number of hydrogen-bond donors (Lipinski definition) is 1. The van der Waals surface area contributed by atoms with E-state index in [1.807, 2.05) is 0 Å². The third-order valence-corrected chi connectivity index (χ3v) is 2.15. The first-order valence-electron chi connectivity index (χ1n) is 4.77. The summed E-state index contributed by atoms with van der Waals surface area (Å²) in [6.45, 7) is 0.542. The van der Waals surface area contributed by atoms with Gasteiger partial charge in [0.2, 0.25) is 0 Å². The lowest BCUT2D eigenvalue weighted by Gasteiger charge is -2.10. The highest BCUT2D eigenvalue weighted by molar-refractivity contribution is 5.19. The smallest absolute Gasteiger partial charge is 0.159 e. The lowest BCUT2D eigenvalue weighted by molar-refractivity contribution is 0.136. The maximum absolute atomic E-state index is 12.8. The number of aliphatic hydroxyl groups excluding tert-OH is 1. The van der Waals surface area contributed by atoms with Crippen molar-refractivity contribution in [1.82, 2.24) is 0 Å². The average Bonchev–Trinajstić information content (AvgIpc) is 2.22. The molecule has 0 heterocycles. The first kappa shape index (κ1) is 12.1. The molecule has 1 aromatic rings. The summed E-state index contributed by atoms with van der Waals surface area (Å²) < 4.78 is 30.2. The van der Waals surface area contributed by atoms with Crippen molar-refractivity contribution in [1.29, 1.82) is 0 Å². The number of hydrogen-bond acceptors (Lipinski definition) is 2. The molecule has 1 unspecified atom stereocenters. The van der Waals surface area contributed by atoms with Gasteiger partial charge in [-0.2, -0.15) is 0 Å². The molecule has 0 aromatic heterocycles. The Labute approximate surface area is 87.5 Å². The topological polar surface area (TPSA) is 29.5 Å². The maximum Gasteiger partial charge on any atom is 0.159 e. The van der Waals surface area contributed by atoms with Gasteiger partial charge >= 0.3 is 0 Å². The van der Waals surface area contributed by atoms with Crippen molar-refractivity contribution in [3.8, 4) is 0 Å². The molecule has 0 saturated carbocycles. The predicted molar refractivity (Wildman–Crippen MR) is 52.4 cm³/mol. The van der Waals surface area contributed by atoms with Crippen molar-refractivity contribution >= 4 is 0 Å². The molecule has 0 saturated heterocycles. The van der Waals surface area contributed by atoms with Gasteiger partial charge in [0, 0.05) is 13.7 Å². The minimum absolute atomic E-state index is 0.394. The molecular weight excluding hydrogens is 202 g/mol. The SMILES string of the molecule is COCCCC(O)c1ccc(F)c(F)c1. The molecule has 84 valence electrons. The van der Waals surface area contributed by atoms with Crippen LogP contribution in [-0.4, -0.2) is 18.8 Å². The monoisotopic (exact) mass is 216 g/mol. The minimum Gasteiger partial charge on any atom is -0.388 e. The molecule has 1 atom stereocenters. The van der Waals surface area contributed by atoms with Crippen LogP contribution in [0.3, 0.4) is 0 Å². The van der Waals surface area contributed by atoms with Crippen molar-refractivity contribution in [2.45, 2.75) is 18.9 Å². The van der Waals surface area contributed by atoms with E-state index in [2.05, 4.69) is 0 Å². The number of aliphatic hydroxyl groups is 1. The van der Waals surface area contributed by atoms with Crippen LogP contribution in [0.4, 0.5) is 8.78 Å². The van der Waals surface area contributed by atoms with Crippen LogP contribution in [0.1, 0.15) is 24.5 Å². The van der Waals surface area contributed by atoms with Gasteiger partial charge in [0.15, 0.2) is 11.6 Å². The summed E-state index contributed by atoms with van der Waals surface area (Å²) >= 11 is 0. The zero-order chi connectivity index (χ0) is 11.3. The molecular formula is C11H14F2O2. The van der Waals surface area contributed by atoms with Crippen molar-refractivity contribution in [3.63, 3.8) is 0 Å². The molecule has 0 aliphatic carbocycles. The summed E-state index contributed by atoms with van der Waals surface area (Å²) in [6, 6.07) is 3.42. The molecule has 0 fully saturated rings. The highest BCUT2D eigenvalue weighted by Crippen LogP contribution is 2.20. The summed E-state index contributed by atoms with van der Waals surface area (Å²) in [5.41, 5.74) is 0.394. The Morgan fingerprint density at radius 2 is 2.07 bits per heavy atom. The molecule has 0 amide bonds. The Hall–Kier alpha value is -1.00. The van der Waals surface area contributed by atoms with Crippen molar-refractivity contribution < 1.29 is 18.6 Å². The summed E-state index contributed by atoms with van der Waals surface area (Å²) in [5, 5.41) is 9.62. The highest BCUT2D eigenvalue weighted by Gasteiger charge is 2.10. The Bertz CT molecular complexity index is 315. The maximum atomic E-state index is 12.8. The molecule has 0 aliphatic rings. The van der Waals surface area contributed by atoms with Crippen molar-refractivity contribution in [2.75, 3.05) is 13.7 Å². The molecule has 0 radical (unpaired) electrons. The third kappa shape index (κ3) is 3.57. The average molecular weight is 216 g/mol. The Morgan fingerprint density at radius 1 is 1.33 bits per heavy atom. The molecule has 15 heavy (non-hydrogen) atoms. The van der Waals surface area contributed by atoms with Gasteiger partial charge in [0.1, 0.15) is 0 Å². The molecule has 0 aliphatic heterocycles. The Kier molecular flexibility index (Phi) is 4.65. The van der Waals surface area contributed by atoms with Gasteiger partial charge in [-0.05, 0) is 30.5 Å². The minimum atomic E-state index is -0.932. The Morgan fingerprint density at radius 3 is 2.67 bits per heavy atom. The van der Waals surface area contributed by atoms with Crippen LogP contribution in [0.15, 0.2) is 18.2 Å². The first-order valence-corrected chi connectivity index (χ1v) is 4.77. The Balaban J connectivity index is 2.57. The number of benzene rings is 1. The van der Waals surface area contributed by atoms with E-state index in [0.717, 1.165) is 12.1 Å². The van der Waals surface area contributed by atoms with Gasteiger partial charge < -0.3 is 9.84 Å². The van der Waals surface area contributed by atoms with Crippen LogP contribution in [0, 0.1) is 11.6 Å². The predicted octanol–water partition coefficient (Wildman–Crippen LogP) is 2.42. The lowest BCUT2D eigenvalue weighted by Crippen LogP contribution is -2.01. The van der Waals surface area contributed by atoms with Crippen LogP contribution in [-0.2, 0) is 4.74 Å². The second kappa shape index (κ2) is 5.78. The molecule has 0 spiro atoms. The van der Waals surface area contributed by atoms with Crippen LogP contribution in [0.2, 0.25) is 0 Å².